The van der Waals surface area contributed by atoms with Crippen molar-refractivity contribution in [2.75, 3.05) is 5.73 Å². The van der Waals surface area contributed by atoms with Gasteiger partial charge in [-0.1, -0.05) is 18.2 Å². The van der Waals surface area contributed by atoms with Crippen LogP contribution < -0.4 is 5.73 Å². The molecule has 0 spiro atoms. The number of rotatable bonds is 0. The van der Waals surface area contributed by atoms with E-state index in [0.29, 0.717) is 0 Å². The normalized spacial score (nSPS) is 11.3. The van der Waals surface area contributed by atoms with Gasteiger partial charge in [0, 0.05) is 11.1 Å². The number of nitrogens with two attached hydrogens (primary N) is 1. The van der Waals surface area contributed by atoms with Gasteiger partial charge in [0.2, 0.25) is 0 Å². The molecule has 3 aromatic rings. The number of nitrogen functional groups attached to an aromatic ring is 1. The predicted octanol–water partition coefficient (Wildman–Crippen LogP) is 3.93. The summed E-state index contributed by atoms with van der Waals surface area (Å²) in [5.41, 5.74) is 8.39. The quantitative estimate of drug-likeness (QED) is 0.623. The fraction of sp³-hybridized carbons (Fsp3) is 0. The minimum Gasteiger partial charge on any atom is -0.455 e. The number of benzene rings is 2. The molecule has 2 nitrogen and oxygen atoms in total. The first-order chi connectivity index (χ1) is 7.27. The third-order valence-corrected chi connectivity index (χ3v) is 3.13. The monoisotopic (exact) mass is 261 g/mol. The van der Waals surface area contributed by atoms with Crippen LogP contribution >= 0.6 is 15.9 Å². The second-order valence-electron chi connectivity index (χ2n) is 3.44. The fourth-order valence-corrected chi connectivity index (χ4v) is 2.23. The van der Waals surface area contributed by atoms with Crippen LogP contribution in [0.2, 0.25) is 0 Å². The Morgan fingerprint density at radius 1 is 1.07 bits per heavy atom. The highest BCUT2D eigenvalue weighted by molar-refractivity contribution is 9.10. The van der Waals surface area contributed by atoms with Crippen molar-refractivity contribution in [3.05, 3.63) is 40.9 Å². The Labute approximate surface area is 94.8 Å². The largest absolute Gasteiger partial charge is 0.455 e. The van der Waals surface area contributed by atoms with Crippen molar-refractivity contribution >= 4 is 43.6 Å². The highest BCUT2D eigenvalue weighted by Gasteiger charge is 2.11. The fourth-order valence-electron chi connectivity index (χ4n) is 1.82. The Morgan fingerprint density at radius 3 is 2.73 bits per heavy atom. The molecule has 3 rings (SSSR count). The summed E-state index contributed by atoms with van der Waals surface area (Å²) < 4.78 is 6.67. The van der Waals surface area contributed by atoms with Gasteiger partial charge in [0.15, 0.2) is 5.58 Å². The lowest BCUT2D eigenvalue weighted by atomic mass is 10.1. The number of halogens is 1. The van der Waals surface area contributed by atoms with Gasteiger partial charge < -0.3 is 10.2 Å². The molecule has 0 radical (unpaired) electrons. The maximum absolute atomic E-state index is 5.95. The van der Waals surface area contributed by atoms with Crippen molar-refractivity contribution in [2.24, 2.45) is 0 Å². The van der Waals surface area contributed by atoms with Crippen LogP contribution in [0.5, 0.6) is 0 Å². The second kappa shape index (κ2) is 3.00. The first-order valence-electron chi connectivity index (χ1n) is 4.62. The van der Waals surface area contributed by atoms with E-state index in [2.05, 4.69) is 15.9 Å². The Kier molecular flexibility index (Phi) is 1.76. The lowest BCUT2D eigenvalue weighted by Gasteiger charge is -1.96. The zero-order valence-corrected chi connectivity index (χ0v) is 9.41. The van der Waals surface area contributed by atoms with E-state index in [9.17, 15) is 0 Å². The number of hydrogen-bond donors (Lipinski definition) is 1. The van der Waals surface area contributed by atoms with Gasteiger partial charge in [-0.2, -0.15) is 0 Å². The molecule has 0 bridgehead atoms. The van der Waals surface area contributed by atoms with Crippen LogP contribution in [0.15, 0.2) is 45.3 Å². The molecule has 74 valence electrons. The molecule has 1 heterocycles. The van der Waals surface area contributed by atoms with Gasteiger partial charge in [-0.15, -0.1) is 0 Å². The number of hydrogen-bond acceptors (Lipinski definition) is 2. The van der Waals surface area contributed by atoms with E-state index in [1.165, 1.54) is 0 Å². The molecule has 3 heteroatoms. The van der Waals surface area contributed by atoms with E-state index in [1.54, 1.807) is 0 Å². The Bertz CT molecular complexity index is 657. The molecule has 0 aliphatic rings. The molecule has 0 saturated carbocycles. The Hall–Kier alpha value is -1.48. The third kappa shape index (κ3) is 1.16. The predicted molar refractivity (Wildman–Crippen MR) is 65.8 cm³/mol. The van der Waals surface area contributed by atoms with Gasteiger partial charge >= 0.3 is 0 Å². The van der Waals surface area contributed by atoms with Crippen molar-refractivity contribution in [3.8, 4) is 0 Å². The molecular weight excluding hydrogens is 254 g/mol. The molecule has 0 fully saturated rings. The summed E-state index contributed by atoms with van der Waals surface area (Å²) in [7, 11) is 0. The zero-order valence-electron chi connectivity index (χ0n) is 7.83. The van der Waals surface area contributed by atoms with Crippen LogP contribution in [0.4, 0.5) is 5.69 Å². The van der Waals surface area contributed by atoms with E-state index in [0.717, 1.165) is 32.1 Å². The molecule has 0 aliphatic heterocycles. The summed E-state index contributed by atoms with van der Waals surface area (Å²) in [6, 6.07) is 11.7. The summed E-state index contributed by atoms with van der Waals surface area (Å²) in [5.74, 6) is 0. The van der Waals surface area contributed by atoms with Crippen LogP contribution in [0.25, 0.3) is 21.9 Å². The number of fused-ring (bicyclic) bond motifs is 3. The van der Waals surface area contributed by atoms with Crippen molar-refractivity contribution in [3.63, 3.8) is 0 Å². The average molecular weight is 262 g/mol. The highest BCUT2D eigenvalue weighted by atomic mass is 79.9. The van der Waals surface area contributed by atoms with Gasteiger partial charge in [0.25, 0.3) is 0 Å². The van der Waals surface area contributed by atoms with E-state index >= 15 is 0 Å². The lowest BCUT2D eigenvalue weighted by Crippen LogP contribution is -1.84. The average Bonchev–Trinajstić information content (AvgIpc) is 2.64. The molecule has 15 heavy (non-hydrogen) atoms. The van der Waals surface area contributed by atoms with Crippen molar-refractivity contribution < 1.29 is 4.42 Å². The SMILES string of the molecule is Nc1ccc(Br)c2oc3ccccc3c12. The smallest absolute Gasteiger partial charge is 0.151 e. The van der Waals surface area contributed by atoms with E-state index in [4.69, 9.17) is 10.2 Å². The standard InChI is InChI=1S/C12H8BrNO/c13-8-5-6-9(14)11-7-3-1-2-4-10(7)15-12(8)11/h1-6H,14H2. The first kappa shape index (κ1) is 8.80. The Morgan fingerprint density at radius 2 is 1.87 bits per heavy atom. The van der Waals surface area contributed by atoms with Crippen LogP contribution in [0.3, 0.4) is 0 Å². The molecule has 0 amide bonds. The topological polar surface area (TPSA) is 39.2 Å². The molecule has 2 aromatic carbocycles. The van der Waals surface area contributed by atoms with Gasteiger partial charge in [0.1, 0.15) is 5.58 Å². The van der Waals surface area contributed by atoms with E-state index in [1.807, 2.05) is 36.4 Å². The highest BCUT2D eigenvalue weighted by Crippen LogP contribution is 2.36. The molecule has 1 aromatic heterocycles. The van der Waals surface area contributed by atoms with Gasteiger partial charge in [-0.3, -0.25) is 0 Å². The zero-order chi connectivity index (χ0) is 10.4. The minimum absolute atomic E-state index is 0.748. The summed E-state index contributed by atoms with van der Waals surface area (Å²) in [6.07, 6.45) is 0. The van der Waals surface area contributed by atoms with Crippen LogP contribution in [0, 0.1) is 0 Å². The first-order valence-corrected chi connectivity index (χ1v) is 5.42. The summed E-state index contributed by atoms with van der Waals surface area (Å²) in [6.45, 7) is 0. The second-order valence-corrected chi connectivity index (χ2v) is 4.29. The summed E-state index contributed by atoms with van der Waals surface area (Å²) in [4.78, 5) is 0. The van der Waals surface area contributed by atoms with Crippen LogP contribution in [-0.4, -0.2) is 0 Å². The van der Waals surface area contributed by atoms with Gasteiger partial charge in [0.05, 0.1) is 9.86 Å². The van der Waals surface area contributed by atoms with Crippen LogP contribution in [0.1, 0.15) is 0 Å². The maximum atomic E-state index is 5.95. The third-order valence-electron chi connectivity index (χ3n) is 2.51. The number of furan rings is 1. The Balaban J connectivity index is 2.66. The molecule has 2 N–H and O–H groups in total. The molecule has 0 saturated heterocycles. The van der Waals surface area contributed by atoms with E-state index in [-0.39, 0.29) is 0 Å². The minimum atomic E-state index is 0.748. The number of para-hydroxylation sites is 1. The maximum Gasteiger partial charge on any atom is 0.151 e. The molecular formula is C12H8BrNO. The molecule has 0 atom stereocenters. The summed E-state index contributed by atoms with van der Waals surface area (Å²) in [5, 5.41) is 2.05. The van der Waals surface area contributed by atoms with Crippen molar-refractivity contribution in [1.82, 2.24) is 0 Å². The van der Waals surface area contributed by atoms with Crippen molar-refractivity contribution in [1.29, 1.82) is 0 Å². The number of anilines is 1. The lowest BCUT2D eigenvalue weighted by molar-refractivity contribution is 0.667. The molecule has 0 aliphatic carbocycles. The van der Waals surface area contributed by atoms with Gasteiger partial charge in [-0.25, -0.2) is 0 Å². The van der Waals surface area contributed by atoms with Crippen LogP contribution in [-0.2, 0) is 0 Å². The van der Waals surface area contributed by atoms with Crippen molar-refractivity contribution in [2.45, 2.75) is 0 Å². The van der Waals surface area contributed by atoms with E-state index < -0.39 is 0 Å². The molecule has 0 unspecified atom stereocenters. The summed E-state index contributed by atoms with van der Waals surface area (Å²) >= 11 is 3.46. The van der Waals surface area contributed by atoms with Gasteiger partial charge in [-0.05, 0) is 34.1 Å².